The quantitative estimate of drug-likeness (QED) is 0.372. The van der Waals surface area contributed by atoms with Crippen molar-refractivity contribution >= 4 is 11.5 Å². The third kappa shape index (κ3) is 6.59. The van der Waals surface area contributed by atoms with Crippen LogP contribution in [0.5, 0.6) is 5.75 Å². The van der Waals surface area contributed by atoms with Crippen molar-refractivity contribution in [2.24, 2.45) is 17.2 Å². The molecule has 0 bridgehead atoms. The molecular formula is C26H32N8O. The van der Waals surface area contributed by atoms with Gasteiger partial charge in [-0.3, -0.25) is 4.90 Å². The van der Waals surface area contributed by atoms with Crippen LogP contribution in [0.4, 0.5) is 5.82 Å². The minimum absolute atomic E-state index is 0.0922. The first kappa shape index (κ1) is 25.3. The van der Waals surface area contributed by atoms with Gasteiger partial charge in [0.15, 0.2) is 0 Å². The summed E-state index contributed by atoms with van der Waals surface area (Å²) < 4.78 is 0. The van der Waals surface area contributed by atoms with Crippen molar-refractivity contribution in [2.45, 2.75) is 6.42 Å². The third-order valence-electron chi connectivity index (χ3n) is 5.57. The maximum atomic E-state index is 10.1. The highest BCUT2D eigenvalue weighted by Gasteiger charge is 2.20. The van der Waals surface area contributed by atoms with E-state index in [2.05, 4.69) is 32.7 Å². The summed E-state index contributed by atoms with van der Waals surface area (Å²) in [6.07, 6.45) is 2.54. The Kier molecular flexibility index (Phi) is 8.44. The molecule has 1 saturated heterocycles. The number of anilines is 1. The van der Waals surface area contributed by atoms with E-state index in [4.69, 9.17) is 17.2 Å². The molecule has 0 atom stereocenters. The van der Waals surface area contributed by atoms with Crippen molar-refractivity contribution < 1.29 is 5.11 Å². The van der Waals surface area contributed by atoms with E-state index in [1.54, 1.807) is 36.4 Å². The number of aromatic nitrogens is 1. The molecule has 3 rings (SSSR count). The zero-order chi connectivity index (χ0) is 25.4. The molecule has 1 aliphatic rings. The molecule has 1 aromatic carbocycles. The molecular weight excluding hydrogens is 440 g/mol. The highest BCUT2D eigenvalue weighted by Crippen LogP contribution is 2.24. The molecule has 0 saturated carbocycles. The second-order valence-electron chi connectivity index (χ2n) is 8.50. The van der Waals surface area contributed by atoms with Crippen molar-refractivity contribution in [3.63, 3.8) is 0 Å². The zero-order valence-electron chi connectivity index (χ0n) is 20.2. The second-order valence-corrected chi connectivity index (χ2v) is 8.50. The minimum Gasteiger partial charge on any atom is -0.507 e. The summed E-state index contributed by atoms with van der Waals surface area (Å²) >= 11 is 0. The van der Waals surface area contributed by atoms with Crippen LogP contribution in [0.15, 0.2) is 54.0 Å². The van der Waals surface area contributed by atoms with Crippen LogP contribution in [0.3, 0.4) is 0 Å². The molecule has 35 heavy (non-hydrogen) atoms. The van der Waals surface area contributed by atoms with Gasteiger partial charge in [-0.15, -0.1) is 0 Å². The van der Waals surface area contributed by atoms with E-state index in [1.165, 1.54) is 0 Å². The molecule has 0 amide bonds. The number of phenols is 1. The number of nitrogens with zero attached hydrogens (tertiary/aromatic N) is 5. The van der Waals surface area contributed by atoms with E-state index in [1.807, 2.05) is 25.1 Å². The Balaban J connectivity index is 1.80. The van der Waals surface area contributed by atoms with Crippen LogP contribution in [0.1, 0.15) is 23.2 Å². The van der Waals surface area contributed by atoms with Gasteiger partial charge in [-0.25, -0.2) is 4.98 Å². The Morgan fingerprint density at radius 2 is 1.89 bits per heavy atom. The van der Waals surface area contributed by atoms with Crippen LogP contribution in [-0.2, 0) is 0 Å². The first-order valence-corrected chi connectivity index (χ1v) is 11.4. The Morgan fingerprint density at radius 3 is 2.57 bits per heavy atom. The fraction of sp³-hybridized carbons (Fsp3) is 0.308. The summed E-state index contributed by atoms with van der Waals surface area (Å²) in [6.45, 7) is 3.39. The number of para-hydroxylation sites is 1. The molecule has 1 fully saturated rings. The van der Waals surface area contributed by atoms with Gasteiger partial charge in [0.25, 0.3) is 0 Å². The van der Waals surface area contributed by atoms with E-state index < -0.39 is 0 Å². The van der Waals surface area contributed by atoms with Gasteiger partial charge in [0.1, 0.15) is 29.2 Å². The highest BCUT2D eigenvalue weighted by atomic mass is 16.3. The number of aromatic hydroxyl groups is 1. The zero-order valence-corrected chi connectivity index (χ0v) is 20.2. The molecule has 1 aliphatic heterocycles. The average molecular weight is 473 g/mol. The number of benzene rings is 1. The summed E-state index contributed by atoms with van der Waals surface area (Å²) in [6, 6.07) is 12.7. The molecule has 182 valence electrons. The fourth-order valence-corrected chi connectivity index (χ4v) is 3.78. The number of nitriles is 1. The van der Waals surface area contributed by atoms with Crippen molar-refractivity contribution in [2.75, 3.05) is 51.7 Å². The number of phenolic OH excluding ortho intramolecular Hbond substituents is 1. The van der Waals surface area contributed by atoms with Gasteiger partial charge in [0.05, 0.1) is 17.8 Å². The molecule has 0 radical (unpaired) electrons. The van der Waals surface area contributed by atoms with Crippen LogP contribution >= 0.6 is 0 Å². The number of hydrogen-bond donors (Lipinski definition) is 4. The molecule has 0 aliphatic carbocycles. The van der Waals surface area contributed by atoms with Crippen LogP contribution < -0.4 is 22.1 Å². The highest BCUT2D eigenvalue weighted by molar-refractivity contribution is 5.70. The Morgan fingerprint density at radius 1 is 1.11 bits per heavy atom. The van der Waals surface area contributed by atoms with Gasteiger partial charge in [0, 0.05) is 37.4 Å². The van der Waals surface area contributed by atoms with E-state index in [0.29, 0.717) is 47.8 Å². The van der Waals surface area contributed by atoms with Gasteiger partial charge in [-0.1, -0.05) is 18.1 Å². The number of allylic oxidation sites excluding steroid dienone is 1. The number of pyridine rings is 1. The monoisotopic (exact) mass is 472 g/mol. The summed E-state index contributed by atoms with van der Waals surface area (Å²) in [5, 5.41) is 19.6. The first-order valence-electron chi connectivity index (χ1n) is 11.4. The molecule has 7 N–H and O–H groups in total. The van der Waals surface area contributed by atoms with Gasteiger partial charge in [0.2, 0.25) is 0 Å². The van der Waals surface area contributed by atoms with Crippen molar-refractivity contribution in [1.29, 1.82) is 5.26 Å². The van der Waals surface area contributed by atoms with E-state index in [-0.39, 0.29) is 11.6 Å². The average Bonchev–Trinajstić information content (AvgIpc) is 3.08. The first-order chi connectivity index (χ1) is 16.8. The number of rotatable bonds is 5. The predicted octanol–water partition coefficient (Wildman–Crippen LogP) is 1.17. The molecule has 1 aromatic heterocycles. The van der Waals surface area contributed by atoms with E-state index in [9.17, 15) is 10.4 Å². The lowest BCUT2D eigenvalue weighted by Gasteiger charge is -2.26. The number of nitrogens with two attached hydrogens (primary N) is 3. The lowest BCUT2D eigenvalue weighted by atomic mass is 10.1. The Labute approximate surface area is 206 Å². The lowest BCUT2D eigenvalue weighted by Crippen LogP contribution is -2.33. The van der Waals surface area contributed by atoms with Crippen molar-refractivity contribution in [3.05, 3.63) is 70.8 Å². The molecule has 0 unspecified atom stereocenters. The topological polar surface area (TPSA) is 145 Å². The predicted molar refractivity (Wildman–Crippen MR) is 138 cm³/mol. The summed E-state index contributed by atoms with van der Waals surface area (Å²) in [7, 11) is 3.88. The van der Waals surface area contributed by atoms with Gasteiger partial charge >= 0.3 is 0 Å². The van der Waals surface area contributed by atoms with Crippen molar-refractivity contribution in [3.8, 4) is 23.7 Å². The summed E-state index contributed by atoms with van der Waals surface area (Å²) in [4.78, 5) is 10.9. The van der Waals surface area contributed by atoms with Crippen LogP contribution in [-0.4, -0.2) is 66.7 Å². The fourth-order valence-electron chi connectivity index (χ4n) is 3.78. The smallest absolute Gasteiger partial charge is 0.133 e. The third-order valence-corrected chi connectivity index (χ3v) is 5.57. The molecule has 2 heterocycles. The molecule has 9 heteroatoms. The van der Waals surface area contributed by atoms with Crippen molar-refractivity contribution in [1.82, 2.24) is 14.8 Å². The maximum Gasteiger partial charge on any atom is 0.133 e. The maximum absolute atomic E-state index is 10.1. The Hall–Kier alpha value is -4.34. The normalized spacial score (nSPS) is 14.1. The molecule has 0 spiro atoms. The SMILES string of the molecule is CN(C)CC#Cc1nc(N2CCCN(C(/C=C(\N)c3ccccc3O)=C(N)N)CC2)ccc1C#N. The van der Waals surface area contributed by atoms with Crippen LogP contribution in [0, 0.1) is 23.2 Å². The lowest BCUT2D eigenvalue weighted by molar-refractivity contribution is 0.375. The standard InChI is InChI=1S/C26H32N8O/c1-32(2)12-5-8-22-19(18-27)10-11-25(31-22)34-14-6-13-33(15-16-34)23(26(29)30)17-21(28)20-7-3-4-9-24(20)35/h3-4,7,9-11,17,35H,6,12-16,28-30H2,1-2H3/b21-17-. The van der Waals surface area contributed by atoms with Crippen LogP contribution in [0.2, 0.25) is 0 Å². The number of hydrogen-bond acceptors (Lipinski definition) is 9. The van der Waals surface area contributed by atoms with Gasteiger partial charge < -0.3 is 32.1 Å². The minimum atomic E-state index is 0.0922. The second kappa shape index (κ2) is 11.7. The largest absolute Gasteiger partial charge is 0.507 e. The van der Waals surface area contributed by atoms with E-state index >= 15 is 0 Å². The van der Waals surface area contributed by atoms with E-state index in [0.717, 1.165) is 25.3 Å². The van der Waals surface area contributed by atoms with Gasteiger partial charge in [-0.2, -0.15) is 5.26 Å². The molecule has 2 aromatic rings. The van der Waals surface area contributed by atoms with Crippen LogP contribution in [0.25, 0.3) is 5.70 Å². The Bertz CT molecular complexity index is 1210. The molecule has 9 nitrogen and oxygen atoms in total. The van der Waals surface area contributed by atoms with Gasteiger partial charge in [-0.05, 0) is 56.8 Å². The summed E-state index contributed by atoms with van der Waals surface area (Å²) in [5.41, 5.74) is 20.8. The summed E-state index contributed by atoms with van der Waals surface area (Å²) in [5.74, 6) is 7.11.